The molecule has 1 amide bonds. The van der Waals surface area contributed by atoms with Crippen molar-refractivity contribution in [3.63, 3.8) is 0 Å². The molecule has 2 aromatic rings. The van der Waals surface area contributed by atoms with Crippen LogP contribution in [0.3, 0.4) is 0 Å². The zero-order valence-corrected chi connectivity index (χ0v) is 12.1. The molecule has 20 heavy (non-hydrogen) atoms. The van der Waals surface area contributed by atoms with Gasteiger partial charge >= 0.3 is 0 Å². The number of rotatable bonds is 3. The summed E-state index contributed by atoms with van der Waals surface area (Å²) in [4.78, 5) is 16.2. The zero-order chi connectivity index (χ0) is 14.7. The van der Waals surface area contributed by atoms with Crippen LogP contribution in [0.25, 0.3) is 0 Å². The fourth-order valence-corrected chi connectivity index (χ4v) is 1.96. The van der Waals surface area contributed by atoms with Crippen LogP contribution in [-0.4, -0.2) is 10.9 Å². The van der Waals surface area contributed by atoms with Gasteiger partial charge in [-0.05, 0) is 43.2 Å². The number of carbonyl (C=O) groups is 1. The number of hydrogen-bond acceptors (Lipinski definition) is 3. The number of nitrogen functional groups attached to an aromatic ring is 1. The first-order valence-corrected chi connectivity index (χ1v) is 6.63. The summed E-state index contributed by atoms with van der Waals surface area (Å²) in [6.07, 6.45) is 1.54. The highest BCUT2D eigenvalue weighted by Crippen LogP contribution is 2.21. The second kappa shape index (κ2) is 5.92. The van der Waals surface area contributed by atoms with Gasteiger partial charge in [0.25, 0.3) is 0 Å². The topological polar surface area (TPSA) is 68.0 Å². The predicted molar refractivity (Wildman–Crippen MR) is 81.9 cm³/mol. The molecular weight excluding hydrogens is 274 g/mol. The maximum atomic E-state index is 12.2. The Morgan fingerprint density at radius 1 is 1.40 bits per heavy atom. The van der Waals surface area contributed by atoms with Crippen molar-refractivity contribution in [2.75, 3.05) is 11.1 Å². The lowest BCUT2D eigenvalue weighted by Crippen LogP contribution is -2.19. The lowest BCUT2D eigenvalue weighted by Gasteiger charge is -2.13. The van der Waals surface area contributed by atoms with Crippen molar-refractivity contribution >= 4 is 28.9 Å². The third-order valence-corrected chi connectivity index (χ3v) is 3.48. The van der Waals surface area contributed by atoms with E-state index in [1.807, 2.05) is 26.0 Å². The second-order valence-electron chi connectivity index (χ2n) is 4.71. The lowest BCUT2D eigenvalue weighted by atomic mass is 10.00. The van der Waals surface area contributed by atoms with Gasteiger partial charge in [0, 0.05) is 5.69 Å². The molecule has 1 atom stereocenters. The minimum Gasteiger partial charge on any atom is -0.399 e. The van der Waals surface area contributed by atoms with Crippen LogP contribution in [0.15, 0.2) is 36.5 Å². The smallest absolute Gasteiger partial charge is 0.231 e. The van der Waals surface area contributed by atoms with Gasteiger partial charge < -0.3 is 11.1 Å². The van der Waals surface area contributed by atoms with Crippen LogP contribution in [0.5, 0.6) is 0 Å². The van der Waals surface area contributed by atoms with Crippen molar-refractivity contribution in [3.05, 3.63) is 52.8 Å². The molecule has 1 aromatic carbocycles. The van der Waals surface area contributed by atoms with Crippen molar-refractivity contribution in [2.45, 2.75) is 19.8 Å². The molecule has 1 aromatic heterocycles. The molecule has 0 aliphatic heterocycles. The van der Waals surface area contributed by atoms with Crippen molar-refractivity contribution in [1.82, 2.24) is 4.98 Å². The number of anilines is 2. The Morgan fingerprint density at radius 2 is 2.15 bits per heavy atom. The SMILES string of the molecule is Cc1cc(NC(=O)C(C)c2cccc(N)c2)cnc1Cl. The van der Waals surface area contributed by atoms with Gasteiger partial charge in [0.2, 0.25) is 5.91 Å². The van der Waals surface area contributed by atoms with Gasteiger partial charge in [0.05, 0.1) is 17.8 Å². The average Bonchev–Trinajstić information content (AvgIpc) is 2.42. The number of hydrogen-bond donors (Lipinski definition) is 2. The van der Waals surface area contributed by atoms with E-state index < -0.39 is 0 Å². The van der Waals surface area contributed by atoms with E-state index >= 15 is 0 Å². The highest BCUT2D eigenvalue weighted by molar-refractivity contribution is 6.30. The van der Waals surface area contributed by atoms with Crippen LogP contribution in [0.2, 0.25) is 5.15 Å². The zero-order valence-electron chi connectivity index (χ0n) is 11.4. The van der Waals surface area contributed by atoms with Crippen LogP contribution in [-0.2, 0) is 4.79 Å². The number of pyridine rings is 1. The molecule has 0 spiro atoms. The first-order valence-electron chi connectivity index (χ1n) is 6.26. The molecule has 0 bridgehead atoms. The van der Waals surface area contributed by atoms with E-state index in [9.17, 15) is 4.79 Å². The monoisotopic (exact) mass is 289 g/mol. The van der Waals surface area contributed by atoms with Crippen LogP contribution in [0.1, 0.15) is 24.0 Å². The lowest BCUT2D eigenvalue weighted by molar-refractivity contribution is -0.117. The Kier molecular flexibility index (Phi) is 4.25. The van der Waals surface area contributed by atoms with Crippen molar-refractivity contribution in [3.8, 4) is 0 Å². The summed E-state index contributed by atoms with van der Waals surface area (Å²) in [6, 6.07) is 9.10. The molecule has 0 aliphatic carbocycles. The normalized spacial score (nSPS) is 11.9. The summed E-state index contributed by atoms with van der Waals surface area (Å²) in [7, 11) is 0. The molecule has 2 rings (SSSR count). The van der Waals surface area contributed by atoms with Gasteiger partial charge in [-0.3, -0.25) is 4.79 Å². The first kappa shape index (κ1) is 14.3. The largest absolute Gasteiger partial charge is 0.399 e. The molecule has 0 saturated carbocycles. The van der Waals surface area contributed by atoms with Crippen LogP contribution >= 0.6 is 11.6 Å². The van der Waals surface area contributed by atoms with Gasteiger partial charge in [0.1, 0.15) is 5.15 Å². The number of nitrogens with two attached hydrogens (primary N) is 1. The van der Waals surface area contributed by atoms with Crippen LogP contribution in [0, 0.1) is 6.92 Å². The Morgan fingerprint density at radius 3 is 2.80 bits per heavy atom. The summed E-state index contributed by atoms with van der Waals surface area (Å²) in [6.45, 7) is 3.67. The molecule has 4 nitrogen and oxygen atoms in total. The standard InChI is InChI=1S/C15H16ClN3O/c1-9-6-13(8-18-14(9)16)19-15(20)10(2)11-4-3-5-12(17)7-11/h3-8,10H,17H2,1-2H3,(H,19,20). The number of amides is 1. The van der Waals surface area contributed by atoms with Crippen LogP contribution in [0.4, 0.5) is 11.4 Å². The molecule has 3 N–H and O–H groups in total. The fraction of sp³-hybridized carbons (Fsp3) is 0.200. The minimum atomic E-state index is -0.297. The maximum Gasteiger partial charge on any atom is 0.231 e. The highest BCUT2D eigenvalue weighted by Gasteiger charge is 2.15. The second-order valence-corrected chi connectivity index (χ2v) is 5.07. The Hall–Kier alpha value is -2.07. The van der Waals surface area contributed by atoms with Gasteiger partial charge in [-0.2, -0.15) is 0 Å². The Labute approximate surface area is 123 Å². The number of halogens is 1. The fourth-order valence-electron chi connectivity index (χ4n) is 1.86. The van der Waals surface area contributed by atoms with E-state index in [4.69, 9.17) is 17.3 Å². The van der Waals surface area contributed by atoms with E-state index in [2.05, 4.69) is 10.3 Å². The Bertz CT molecular complexity index is 643. The number of benzene rings is 1. The number of aryl methyl sites for hydroxylation is 1. The predicted octanol–water partition coefficient (Wildman–Crippen LogP) is 3.37. The quantitative estimate of drug-likeness (QED) is 0.672. The molecular formula is C15H16ClN3O. The molecule has 0 saturated heterocycles. The average molecular weight is 290 g/mol. The molecule has 104 valence electrons. The summed E-state index contributed by atoms with van der Waals surface area (Å²) >= 11 is 5.86. The third kappa shape index (κ3) is 3.27. The van der Waals surface area contributed by atoms with Crippen molar-refractivity contribution in [2.24, 2.45) is 0 Å². The summed E-state index contributed by atoms with van der Waals surface area (Å²) in [5.74, 6) is -0.409. The summed E-state index contributed by atoms with van der Waals surface area (Å²) in [5.41, 5.74) is 8.70. The van der Waals surface area contributed by atoms with E-state index in [0.717, 1.165) is 11.1 Å². The molecule has 5 heteroatoms. The van der Waals surface area contributed by atoms with Gasteiger partial charge in [-0.15, -0.1) is 0 Å². The van der Waals surface area contributed by atoms with Gasteiger partial charge in [-0.25, -0.2) is 4.98 Å². The van der Waals surface area contributed by atoms with E-state index in [1.54, 1.807) is 24.4 Å². The van der Waals surface area contributed by atoms with E-state index in [1.165, 1.54) is 0 Å². The number of aromatic nitrogens is 1. The highest BCUT2D eigenvalue weighted by atomic mass is 35.5. The minimum absolute atomic E-state index is 0.112. The molecule has 0 fully saturated rings. The molecule has 0 aliphatic rings. The number of carbonyl (C=O) groups excluding carboxylic acids is 1. The molecule has 1 heterocycles. The third-order valence-electron chi connectivity index (χ3n) is 3.09. The van der Waals surface area contributed by atoms with Crippen molar-refractivity contribution in [1.29, 1.82) is 0 Å². The van der Waals surface area contributed by atoms with Gasteiger partial charge in [-0.1, -0.05) is 23.7 Å². The summed E-state index contributed by atoms with van der Waals surface area (Å²) in [5, 5.41) is 3.26. The number of nitrogens with zero attached hydrogens (tertiary/aromatic N) is 1. The molecule has 1 unspecified atom stereocenters. The Balaban J connectivity index is 2.13. The number of nitrogens with one attached hydrogen (secondary N) is 1. The van der Waals surface area contributed by atoms with E-state index in [0.29, 0.717) is 16.5 Å². The van der Waals surface area contributed by atoms with E-state index in [-0.39, 0.29) is 11.8 Å². The molecule has 0 radical (unpaired) electrons. The first-order chi connectivity index (χ1) is 9.47. The van der Waals surface area contributed by atoms with Crippen LogP contribution < -0.4 is 11.1 Å². The van der Waals surface area contributed by atoms with Crippen molar-refractivity contribution < 1.29 is 4.79 Å². The maximum absolute atomic E-state index is 12.2. The summed E-state index contributed by atoms with van der Waals surface area (Å²) < 4.78 is 0. The van der Waals surface area contributed by atoms with Gasteiger partial charge in [0.15, 0.2) is 0 Å².